The van der Waals surface area contributed by atoms with Crippen LogP contribution in [0.25, 0.3) is 10.1 Å². The summed E-state index contributed by atoms with van der Waals surface area (Å²) in [5.41, 5.74) is 0.624. The molecule has 0 aliphatic carbocycles. The van der Waals surface area contributed by atoms with Crippen LogP contribution < -0.4 is 5.32 Å². The van der Waals surface area contributed by atoms with Crippen LogP contribution in [0.15, 0.2) is 24.3 Å². The Kier molecular flexibility index (Phi) is 4.01. The van der Waals surface area contributed by atoms with Crippen LogP contribution in [0, 0.1) is 11.3 Å². The molecule has 102 valence electrons. The standard InChI is InChI=1S/C14H13N3O2S/c1-17(2)14(19)12-8-9-7-10(3-4-11(9)20-12)16-13(18)5-6-15/h3-4,7-8H,5H2,1-2H3,(H,16,18). The quantitative estimate of drug-likeness (QED) is 0.942. The molecule has 5 nitrogen and oxygen atoms in total. The lowest BCUT2D eigenvalue weighted by Gasteiger charge is -2.06. The second-order valence-electron chi connectivity index (χ2n) is 4.45. The van der Waals surface area contributed by atoms with Crippen molar-refractivity contribution in [3.63, 3.8) is 0 Å². The molecular weight excluding hydrogens is 274 g/mol. The van der Waals surface area contributed by atoms with Crippen molar-refractivity contribution in [2.45, 2.75) is 6.42 Å². The van der Waals surface area contributed by atoms with Crippen molar-refractivity contribution < 1.29 is 9.59 Å². The maximum absolute atomic E-state index is 11.9. The molecule has 0 atom stereocenters. The topological polar surface area (TPSA) is 73.2 Å². The summed E-state index contributed by atoms with van der Waals surface area (Å²) in [5.74, 6) is -0.382. The number of carbonyl (C=O) groups is 2. The Hall–Kier alpha value is -2.39. The summed E-state index contributed by atoms with van der Waals surface area (Å²) in [6.45, 7) is 0. The number of thiophene rings is 1. The fourth-order valence-electron chi connectivity index (χ4n) is 1.72. The van der Waals surface area contributed by atoms with Crippen molar-refractivity contribution in [3.05, 3.63) is 29.1 Å². The molecule has 0 fully saturated rings. The van der Waals surface area contributed by atoms with E-state index >= 15 is 0 Å². The number of hydrogen-bond acceptors (Lipinski definition) is 4. The Labute approximate surface area is 120 Å². The lowest BCUT2D eigenvalue weighted by atomic mass is 10.2. The van der Waals surface area contributed by atoms with Gasteiger partial charge in [0, 0.05) is 24.5 Å². The minimum absolute atomic E-state index is 0.0405. The summed E-state index contributed by atoms with van der Waals surface area (Å²) in [4.78, 5) is 25.4. The first-order valence-electron chi connectivity index (χ1n) is 5.93. The highest BCUT2D eigenvalue weighted by molar-refractivity contribution is 7.20. The highest BCUT2D eigenvalue weighted by Crippen LogP contribution is 2.28. The van der Waals surface area contributed by atoms with Gasteiger partial charge in [0.2, 0.25) is 5.91 Å². The van der Waals surface area contributed by atoms with Crippen LogP contribution in [-0.4, -0.2) is 30.8 Å². The van der Waals surface area contributed by atoms with Gasteiger partial charge in [-0.05, 0) is 29.7 Å². The van der Waals surface area contributed by atoms with Gasteiger partial charge in [-0.1, -0.05) is 0 Å². The zero-order valence-electron chi connectivity index (χ0n) is 11.1. The van der Waals surface area contributed by atoms with Gasteiger partial charge in [-0.15, -0.1) is 11.3 Å². The van der Waals surface area contributed by atoms with Gasteiger partial charge in [-0.25, -0.2) is 0 Å². The molecule has 0 spiro atoms. The van der Waals surface area contributed by atoms with E-state index in [9.17, 15) is 9.59 Å². The van der Waals surface area contributed by atoms with Gasteiger partial charge in [-0.2, -0.15) is 5.26 Å². The van der Waals surface area contributed by atoms with Gasteiger partial charge in [0.05, 0.1) is 10.9 Å². The van der Waals surface area contributed by atoms with Gasteiger partial charge in [0.1, 0.15) is 6.42 Å². The summed E-state index contributed by atoms with van der Waals surface area (Å²) in [5, 5.41) is 12.0. The minimum Gasteiger partial charge on any atom is -0.344 e. The zero-order valence-corrected chi connectivity index (χ0v) is 12.0. The Morgan fingerprint density at radius 3 is 2.75 bits per heavy atom. The third-order valence-corrected chi connectivity index (χ3v) is 3.76. The van der Waals surface area contributed by atoms with E-state index in [-0.39, 0.29) is 18.2 Å². The van der Waals surface area contributed by atoms with Crippen LogP contribution in [-0.2, 0) is 4.79 Å². The summed E-state index contributed by atoms with van der Waals surface area (Å²) in [7, 11) is 3.42. The molecule has 2 amide bonds. The lowest BCUT2D eigenvalue weighted by molar-refractivity contribution is -0.115. The van der Waals surface area contributed by atoms with E-state index in [1.54, 1.807) is 32.3 Å². The van der Waals surface area contributed by atoms with Gasteiger partial charge in [0.15, 0.2) is 0 Å². The number of nitriles is 1. The summed E-state index contributed by atoms with van der Waals surface area (Å²) in [6.07, 6.45) is -0.175. The van der Waals surface area contributed by atoms with E-state index in [2.05, 4.69) is 5.32 Å². The molecule has 0 aliphatic rings. The second kappa shape index (κ2) is 5.72. The van der Waals surface area contributed by atoms with E-state index < -0.39 is 0 Å². The van der Waals surface area contributed by atoms with Crippen LogP contribution in [0.5, 0.6) is 0 Å². The fraction of sp³-hybridized carbons (Fsp3) is 0.214. The van der Waals surface area contributed by atoms with E-state index in [0.29, 0.717) is 10.6 Å². The molecule has 1 aromatic carbocycles. The van der Waals surface area contributed by atoms with Crippen molar-refractivity contribution in [3.8, 4) is 6.07 Å². The van der Waals surface area contributed by atoms with E-state index in [4.69, 9.17) is 5.26 Å². The van der Waals surface area contributed by atoms with E-state index in [0.717, 1.165) is 10.1 Å². The molecule has 1 aromatic heterocycles. The van der Waals surface area contributed by atoms with Crippen LogP contribution in [0.4, 0.5) is 5.69 Å². The van der Waals surface area contributed by atoms with Crippen molar-refractivity contribution in [2.24, 2.45) is 0 Å². The Morgan fingerprint density at radius 1 is 1.35 bits per heavy atom. The number of fused-ring (bicyclic) bond motifs is 1. The van der Waals surface area contributed by atoms with Crippen molar-refractivity contribution in [2.75, 3.05) is 19.4 Å². The van der Waals surface area contributed by atoms with Crippen LogP contribution in [0.1, 0.15) is 16.1 Å². The maximum Gasteiger partial charge on any atom is 0.263 e. The van der Waals surface area contributed by atoms with Crippen LogP contribution in [0.3, 0.4) is 0 Å². The first-order valence-corrected chi connectivity index (χ1v) is 6.75. The molecule has 1 heterocycles. The molecule has 2 rings (SSSR count). The number of nitrogens with zero attached hydrogens (tertiary/aromatic N) is 2. The number of hydrogen-bond donors (Lipinski definition) is 1. The molecule has 0 aliphatic heterocycles. The predicted molar refractivity (Wildman–Crippen MR) is 78.7 cm³/mol. The number of anilines is 1. The Balaban J connectivity index is 2.28. The molecule has 0 bridgehead atoms. The largest absolute Gasteiger partial charge is 0.344 e. The monoisotopic (exact) mass is 287 g/mol. The highest BCUT2D eigenvalue weighted by Gasteiger charge is 2.12. The molecule has 6 heteroatoms. The normalized spacial score (nSPS) is 10.1. The highest BCUT2D eigenvalue weighted by atomic mass is 32.1. The average Bonchev–Trinajstić information content (AvgIpc) is 2.80. The molecule has 20 heavy (non-hydrogen) atoms. The molecular formula is C14H13N3O2S. The summed E-state index contributed by atoms with van der Waals surface area (Å²) >= 11 is 1.42. The van der Waals surface area contributed by atoms with Gasteiger partial charge in [-0.3, -0.25) is 9.59 Å². The fourth-order valence-corrected chi connectivity index (χ4v) is 2.79. The summed E-state index contributed by atoms with van der Waals surface area (Å²) < 4.78 is 0.980. The number of amides is 2. The molecule has 1 N–H and O–H groups in total. The Bertz CT molecular complexity index is 713. The second-order valence-corrected chi connectivity index (χ2v) is 5.53. The Morgan fingerprint density at radius 2 is 2.10 bits per heavy atom. The summed E-state index contributed by atoms with van der Waals surface area (Å²) in [6, 6.07) is 9.02. The third kappa shape index (κ3) is 2.95. The average molecular weight is 287 g/mol. The molecule has 0 saturated carbocycles. The van der Waals surface area contributed by atoms with Crippen molar-refractivity contribution >= 4 is 38.9 Å². The molecule has 0 radical (unpaired) electrons. The predicted octanol–water partition coefficient (Wildman–Crippen LogP) is 2.46. The van der Waals surface area contributed by atoms with Gasteiger partial charge < -0.3 is 10.2 Å². The number of nitrogens with one attached hydrogen (secondary N) is 1. The molecule has 0 unspecified atom stereocenters. The first kappa shape index (κ1) is 14.0. The maximum atomic E-state index is 11.9. The number of benzene rings is 1. The minimum atomic E-state index is -0.341. The number of carbonyl (C=O) groups excluding carboxylic acids is 2. The van der Waals surface area contributed by atoms with Crippen molar-refractivity contribution in [1.29, 1.82) is 5.26 Å². The van der Waals surface area contributed by atoms with Gasteiger partial charge >= 0.3 is 0 Å². The lowest BCUT2D eigenvalue weighted by Crippen LogP contribution is -2.20. The molecule has 0 saturated heterocycles. The first-order chi connectivity index (χ1) is 9.51. The van der Waals surface area contributed by atoms with E-state index in [1.165, 1.54) is 16.2 Å². The zero-order chi connectivity index (χ0) is 14.7. The molecule has 2 aromatic rings. The smallest absolute Gasteiger partial charge is 0.263 e. The van der Waals surface area contributed by atoms with Crippen LogP contribution >= 0.6 is 11.3 Å². The number of rotatable bonds is 3. The van der Waals surface area contributed by atoms with Crippen molar-refractivity contribution in [1.82, 2.24) is 4.90 Å². The SMILES string of the molecule is CN(C)C(=O)c1cc2cc(NC(=O)CC#N)ccc2s1. The van der Waals surface area contributed by atoms with Gasteiger partial charge in [0.25, 0.3) is 5.91 Å². The van der Waals surface area contributed by atoms with Crippen LogP contribution in [0.2, 0.25) is 0 Å². The van der Waals surface area contributed by atoms with E-state index in [1.807, 2.05) is 12.1 Å². The third-order valence-electron chi connectivity index (χ3n) is 2.66.